The van der Waals surface area contributed by atoms with Crippen LogP contribution in [0.15, 0.2) is 0 Å². The molecule has 0 aromatic heterocycles. The number of hydrogen-bond donors (Lipinski definition) is 2. The number of nitrogens with zero attached hydrogens (tertiary/aromatic N) is 1. The second-order valence-corrected chi connectivity index (χ2v) is 7.95. The molecule has 2 aliphatic heterocycles. The van der Waals surface area contributed by atoms with Crippen LogP contribution in [0.2, 0.25) is 0 Å². The summed E-state index contributed by atoms with van der Waals surface area (Å²) < 4.78 is 27.0. The zero-order valence-electron chi connectivity index (χ0n) is 11.9. The van der Waals surface area contributed by atoms with Crippen LogP contribution in [-0.4, -0.2) is 58.8 Å². The Kier molecular flexibility index (Phi) is 5.62. The smallest absolute Gasteiger partial charge is 0.211 e. The summed E-state index contributed by atoms with van der Waals surface area (Å²) in [5, 5.41) is 3.27. The molecule has 0 aromatic rings. The number of hydrogen-bond acceptors (Lipinski definition) is 4. The van der Waals surface area contributed by atoms with Crippen molar-refractivity contribution in [1.29, 1.82) is 0 Å². The molecule has 1 unspecified atom stereocenters. The molecule has 112 valence electrons. The first-order valence-electron chi connectivity index (χ1n) is 7.42. The van der Waals surface area contributed by atoms with E-state index < -0.39 is 10.0 Å². The van der Waals surface area contributed by atoms with E-state index in [1.54, 1.807) is 0 Å². The fraction of sp³-hybridized carbons (Fsp3) is 1.00. The van der Waals surface area contributed by atoms with E-state index >= 15 is 0 Å². The van der Waals surface area contributed by atoms with Crippen molar-refractivity contribution in [2.75, 3.05) is 45.5 Å². The van der Waals surface area contributed by atoms with Crippen molar-refractivity contribution in [2.45, 2.75) is 25.7 Å². The van der Waals surface area contributed by atoms with E-state index in [-0.39, 0.29) is 0 Å². The second kappa shape index (κ2) is 7.02. The van der Waals surface area contributed by atoms with Gasteiger partial charge in [0, 0.05) is 13.1 Å². The van der Waals surface area contributed by atoms with Gasteiger partial charge in [0.25, 0.3) is 0 Å². The molecule has 2 fully saturated rings. The van der Waals surface area contributed by atoms with Crippen LogP contribution in [0.4, 0.5) is 0 Å². The number of likely N-dealkylation sites (tertiary alicyclic amines) is 1. The minimum absolute atomic E-state index is 0.303. The molecule has 0 amide bonds. The molecule has 0 bridgehead atoms. The molecule has 0 radical (unpaired) electrons. The molecule has 0 aromatic carbocycles. The molecule has 1 atom stereocenters. The van der Waals surface area contributed by atoms with E-state index in [0.717, 1.165) is 45.4 Å². The fourth-order valence-corrected chi connectivity index (χ4v) is 4.66. The first-order chi connectivity index (χ1) is 9.05. The van der Waals surface area contributed by atoms with Gasteiger partial charge in [0.1, 0.15) is 0 Å². The highest BCUT2D eigenvalue weighted by atomic mass is 32.2. The lowest BCUT2D eigenvalue weighted by Crippen LogP contribution is -2.41. The first kappa shape index (κ1) is 15.2. The molecule has 0 saturated carbocycles. The predicted octanol–water partition coefficient (Wildman–Crippen LogP) is 0.247. The Morgan fingerprint density at radius 1 is 1.21 bits per heavy atom. The van der Waals surface area contributed by atoms with Gasteiger partial charge in [-0.1, -0.05) is 0 Å². The number of nitrogens with one attached hydrogen (secondary N) is 2. The minimum atomic E-state index is -3.09. The highest BCUT2D eigenvalue weighted by molar-refractivity contribution is 7.89. The summed E-state index contributed by atoms with van der Waals surface area (Å²) in [7, 11) is -0.988. The molecule has 2 heterocycles. The van der Waals surface area contributed by atoms with E-state index in [4.69, 9.17) is 0 Å². The number of piperidine rings is 2. The largest absolute Gasteiger partial charge is 0.317 e. The molecular formula is C13H27N3O2S. The zero-order chi connectivity index (χ0) is 13.7. The van der Waals surface area contributed by atoms with Crippen LogP contribution in [0, 0.1) is 11.8 Å². The van der Waals surface area contributed by atoms with Gasteiger partial charge in [-0.15, -0.1) is 0 Å². The van der Waals surface area contributed by atoms with Crippen LogP contribution in [0.5, 0.6) is 0 Å². The average Bonchev–Trinajstić information content (AvgIpc) is 2.37. The Morgan fingerprint density at radius 3 is 2.63 bits per heavy atom. The van der Waals surface area contributed by atoms with Crippen molar-refractivity contribution in [2.24, 2.45) is 11.8 Å². The van der Waals surface area contributed by atoms with Crippen LogP contribution in [0.1, 0.15) is 25.7 Å². The van der Waals surface area contributed by atoms with Gasteiger partial charge in [-0.25, -0.2) is 13.1 Å². The average molecular weight is 289 g/mol. The maximum Gasteiger partial charge on any atom is 0.211 e. The number of rotatable bonds is 5. The molecule has 2 saturated heterocycles. The summed E-state index contributed by atoms with van der Waals surface area (Å²) in [5.74, 6) is 1.10. The van der Waals surface area contributed by atoms with Gasteiger partial charge in [0.2, 0.25) is 10.0 Å². The first-order valence-corrected chi connectivity index (χ1v) is 9.07. The van der Waals surface area contributed by atoms with Crippen molar-refractivity contribution in [1.82, 2.24) is 14.9 Å². The van der Waals surface area contributed by atoms with Crippen LogP contribution in [-0.2, 0) is 10.0 Å². The summed E-state index contributed by atoms with van der Waals surface area (Å²) in [4.78, 5) is 2.29. The summed E-state index contributed by atoms with van der Waals surface area (Å²) in [6.07, 6.45) is 4.28. The third kappa shape index (κ3) is 5.38. The van der Waals surface area contributed by atoms with E-state index in [1.165, 1.54) is 6.42 Å². The maximum atomic E-state index is 12.1. The molecule has 5 nitrogen and oxygen atoms in total. The highest BCUT2D eigenvalue weighted by Crippen LogP contribution is 2.16. The summed E-state index contributed by atoms with van der Waals surface area (Å²) >= 11 is 0. The van der Waals surface area contributed by atoms with E-state index in [2.05, 4.69) is 22.0 Å². The molecule has 2 aliphatic rings. The minimum Gasteiger partial charge on any atom is -0.317 e. The van der Waals surface area contributed by atoms with Gasteiger partial charge in [0.05, 0.1) is 5.75 Å². The summed E-state index contributed by atoms with van der Waals surface area (Å²) in [6, 6.07) is 0. The third-order valence-corrected chi connectivity index (χ3v) is 5.74. The zero-order valence-corrected chi connectivity index (χ0v) is 12.7. The van der Waals surface area contributed by atoms with Crippen molar-refractivity contribution >= 4 is 10.0 Å². The van der Waals surface area contributed by atoms with E-state index in [9.17, 15) is 8.42 Å². The molecule has 2 rings (SSSR count). The number of sulfonamides is 1. The molecule has 6 heteroatoms. The summed E-state index contributed by atoms with van der Waals surface area (Å²) in [5.41, 5.74) is 0. The quantitative estimate of drug-likeness (QED) is 0.761. The monoisotopic (exact) mass is 289 g/mol. The Labute approximate surface area is 117 Å². The predicted molar refractivity (Wildman–Crippen MR) is 77.6 cm³/mol. The molecule has 19 heavy (non-hydrogen) atoms. The van der Waals surface area contributed by atoms with Gasteiger partial charge in [0.15, 0.2) is 0 Å². The van der Waals surface area contributed by atoms with E-state index in [1.807, 2.05) is 0 Å². The highest BCUT2D eigenvalue weighted by Gasteiger charge is 2.23. The standard InChI is InChI=1S/C13H27N3O2S/c1-16-8-2-3-13(10-16)9-15-19(17,18)11-12-4-6-14-7-5-12/h12-15H,2-11H2,1H3. The Balaban J connectivity index is 1.73. The fourth-order valence-electron chi connectivity index (χ4n) is 3.10. The van der Waals surface area contributed by atoms with Gasteiger partial charge in [-0.3, -0.25) is 0 Å². The Hall–Kier alpha value is -0.170. The van der Waals surface area contributed by atoms with Crippen molar-refractivity contribution < 1.29 is 8.42 Å². The Morgan fingerprint density at radius 2 is 1.95 bits per heavy atom. The van der Waals surface area contributed by atoms with Crippen molar-refractivity contribution in [3.8, 4) is 0 Å². The second-order valence-electron chi connectivity index (χ2n) is 6.09. The lowest BCUT2D eigenvalue weighted by atomic mass is 9.99. The molecular weight excluding hydrogens is 262 g/mol. The topological polar surface area (TPSA) is 61.4 Å². The normalized spacial score (nSPS) is 27.5. The van der Waals surface area contributed by atoms with Gasteiger partial charge >= 0.3 is 0 Å². The van der Waals surface area contributed by atoms with E-state index in [0.29, 0.717) is 24.1 Å². The van der Waals surface area contributed by atoms with Crippen LogP contribution >= 0.6 is 0 Å². The van der Waals surface area contributed by atoms with Crippen LogP contribution < -0.4 is 10.0 Å². The maximum absolute atomic E-state index is 12.1. The molecule has 0 spiro atoms. The van der Waals surface area contributed by atoms with Crippen molar-refractivity contribution in [3.63, 3.8) is 0 Å². The van der Waals surface area contributed by atoms with Gasteiger partial charge < -0.3 is 10.2 Å². The Bertz CT molecular complexity index is 366. The third-order valence-electron chi connectivity index (χ3n) is 4.23. The molecule has 2 N–H and O–H groups in total. The lowest BCUT2D eigenvalue weighted by molar-refractivity contribution is 0.211. The summed E-state index contributed by atoms with van der Waals surface area (Å²) in [6.45, 7) is 4.66. The molecule has 0 aliphatic carbocycles. The SMILES string of the molecule is CN1CCCC(CNS(=O)(=O)CC2CCNCC2)C1. The van der Waals surface area contributed by atoms with Gasteiger partial charge in [-0.05, 0) is 64.2 Å². The van der Waals surface area contributed by atoms with Crippen LogP contribution in [0.3, 0.4) is 0 Å². The van der Waals surface area contributed by atoms with Crippen molar-refractivity contribution in [3.05, 3.63) is 0 Å². The lowest BCUT2D eigenvalue weighted by Gasteiger charge is -2.30. The van der Waals surface area contributed by atoms with Crippen LogP contribution in [0.25, 0.3) is 0 Å². The van der Waals surface area contributed by atoms with Gasteiger partial charge in [-0.2, -0.15) is 0 Å².